The van der Waals surface area contributed by atoms with E-state index in [4.69, 9.17) is 9.31 Å². The minimum atomic E-state index is -0.339. The van der Waals surface area contributed by atoms with E-state index in [-0.39, 0.29) is 44.5 Å². The topological polar surface area (TPSA) is 18.5 Å². The van der Waals surface area contributed by atoms with Gasteiger partial charge in [0.15, 0.2) is 0 Å². The SMILES string of the molecule is [CH2-]CC(=[C-]B1OC(C)(C)C(C)(C)O1)CCCC.[CH]1[CH][CH][CH][CH]1.[CH]1[CH][CH][CH][CH]1.[Zr+2]. The smallest absolute Gasteiger partial charge is 0.465 e. The zero-order valence-corrected chi connectivity index (χ0v) is 20.7. The minimum absolute atomic E-state index is 0. The second-order valence-electron chi connectivity index (χ2n) is 7.61. The van der Waals surface area contributed by atoms with Crippen molar-refractivity contribution in [2.24, 2.45) is 0 Å². The standard InChI is InChI=1S/C14H25BO2.2C5H5.Zr/c1-7-9-10-12(8-2)11-15-16-13(3,4)14(5,6)17-15;2*1-2-4-5-3-1;/h2,7-10H2,1,3-6H3;2*1-5H;/q-2;;;+2. The van der Waals surface area contributed by atoms with Gasteiger partial charge < -0.3 is 22.2 Å². The van der Waals surface area contributed by atoms with Crippen molar-refractivity contribution in [3.05, 3.63) is 82.7 Å². The molecule has 0 spiro atoms. The van der Waals surface area contributed by atoms with Gasteiger partial charge in [0.05, 0.1) is 11.2 Å². The molecule has 0 aromatic carbocycles. The summed E-state index contributed by atoms with van der Waals surface area (Å²) in [5, 5.41) is 0. The molecule has 0 unspecified atom stereocenters. The number of rotatable bonds is 5. The van der Waals surface area contributed by atoms with E-state index >= 15 is 0 Å². The minimum Gasteiger partial charge on any atom is -0.465 e. The molecule has 3 rings (SSSR count). The molecule has 4 heteroatoms. The molecule has 0 bridgehead atoms. The Morgan fingerprint density at radius 3 is 1.46 bits per heavy atom. The Morgan fingerprint density at radius 1 is 0.821 bits per heavy atom. The zero-order chi connectivity index (χ0) is 20.2. The van der Waals surface area contributed by atoms with Crippen LogP contribution in [0.15, 0.2) is 5.57 Å². The summed E-state index contributed by atoms with van der Waals surface area (Å²) in [7, 11) is -0.339. The molecule has 1 saturated heterocycles. The third kappa shape index (κ3) is 11.1. The molecular formula is C24H35BO2Zr. The molecule has 0 amide bonds. The molecular weight excluding hydrogens is 422 g/mol. The molecule has 2 nitrogen and oxygen atoms in total. The molecule has 0 aromatic heterocycles. The van der Waals surface area contributed by atoms with E-state index in [1.807, 2.05) is 64.2 Å². The summed E-state index contributed by atoms with van der Waals surface area (Å²) < 4.78 is 11.8. The monoisotopic (exact) mass is 456 g/mol. The fourth-order valence-corrected chi connectivity index (χ4v) is 2.37. The fraction of sp³-hybridized carbons (Fsp3) is 0.458. The molecule has 28 heavy (non-hydrogen) atoms. The van der Waals surface area contributed by atoms with Gasteiger partial charge in [0.25, 0.3) is 7.12 Å². The summed E-state index contributed by atoms with van der Waals surface area (Å²) in [4.78, 5) is 0. The molecule has 0 aromatic rings. The number of unbranched alkanes of at least 4 members (excludes halogenated alkanes) is 1. The zero-order valence-electron chi connectivity index (χ0n) is 18.2. The van der Waals surface area contributed by atoms with Crippen LogP contribution in [-0.4, -0.2) is 18.3 Å². The van der Waals surface area contributed by atoms with Crippen LogP contribution in [0.4, 0.5) is 0 Å². The van der Waals surface area contributed by atoms with E-state index in [2.05, 4.69) is 47.5 Å². The average molecular weight is 458 g/mol. The van der Waals surface area contributed by atoms with Crippen LogP contribution in [0, 0.1) is 77.1 Å². The molecule has 2 aliphatic carbocycles. The predicted molar refractivity (Wildman–Crippen MR) is 115 cm³/mol. The van der Waals surface area contributed by atoms with Gasteiger partial charge in [-0.3, -0.25) is 5.57 Å². The van der Waals surface area contributed by atoms with Gasteiger partial charge in [-0.15, -0.1) is 0 Å². The molecule has 1 heterocycles. The van der Waals surface area contributed by atoms with Crippen molar-refractivity contribution in [3.8, 4) is 0 Å². The summed E-state index contributed by atoms with van der Waals surface area (Å²) in [6.45, 7) is 14.4. The van der Waals surface area contributed by atoms with E-state index in [1.165, 1.54) is 18.4 Å². The Labute approximate surface area is 196 Å². The first kappa shape index (κ1) is 28.6. The molecule has 2 saturated carbocycles. The summed E-state index contributed by atoms with van der Waals surface area (Å²) >= 11 is 0. The summed E-state index contributed by atoms with van der Waals surface area (Å²) in [5.41, 5.74) is 0.661. The van der Waals surface area contributed by atoms with Crippen molar-refractivity contribution in [2.45, 2.75) is 71.5 Å². The van der Waals surface area contributed by atoms with Crippen LogP contribution in [0.25, 0.3) is 0 Å². The Morgan fingerprint density at radius 2 is 1.18 bits per heavy atom. The van der Waals surface area contributed by atoms with E-state index < -0.39 is 0 Å². The second-order valence-corrected chi connectivity index (χ2v) is 7.61. The van der Waals surface area contributed by atoms with E-state index in [0.29, 0.717) is 0 Å². The number of allylic oxidation sites excluding steroid dienone is 1. The molecule has 10 radical (unpaired) electrons. The largest absolute Gasteiger partial charge is 2.00 e. The molecule has 150 valence electrons. The van der Waals surface area contributed by atoms with Crippen molar-refractivity contribution in [2.75, 3.05) is 0 Å². The van der Waals surface area contributed by atoms with Crippen LogP contribution in [-0.2, 0) is 35.5 Å². The van der Waals surface area contributed by atoms with Gasteiger partial charge in [-0.2, -0.15) is 6.42 Å². The fourth-order valence-electron chi connectivity index (χ4n) is 2.37. The first-order valence-electron chi connectivity index (χ1n) is 9.92. The molecule has 0 N–H and O–H groups in total. The molecule has 0 atom stereocenters. The van der Waals surface area contributed by atoms with Crippen LogP contribution in [0.3, 0.4) is 0 Å². The van der Waals surface area contributed by atoms with Crippen LogP contribution >= 0.6 is 0 Å². The van der Waals surface area contributed by atoms with Crippen molar-refractivity contribution in [1.29, 1.82) is 0 Å². The Kier molecular flexibility index (Phi) is 15.8. The Balaban J connectivity index is 0.000000535. The predicted octanol–water partition coefficient (Wildman–Crippen LogP) is 5.80. The molecule has 3 aliphatic rings. The maximum Gasteiger partial charge on any atom is 2.00 e. The normalized spacial score (nSPS) is 22.6. The van der Waals surface area contributed by atoms with Gasteiger partial charge in [-0.1, -0.05) is 26.2 Å². The van der Waals surface area contributed by atoms with E-state index in [0.717, 1.165) is 12.8 Å². The average Bonchev–Trinajstić information content (AvgIpc) is 3.37. The summed E-state index contributed by atoms with van der Waals surface area (Å²) in [5.74, 6) is 3.32. The number of hydrogen-bond acceptors (Lipinski definition) is 2. The van der Waals surface area contributed by atoms with Gasteiger partial charge in [0.2, 0.25) is 0 Å². The van der Waals surface area contributed by atoms with Gasteiger partial charge in [0, 0.05) is 0 Å². The van der Waals surface area contributed by atoms with E-state index in [9.17, 15) is 0 Å². The van der Waals surface area contributed by atoms with Crippen molar-refractivity contribution in [3.63, 3.8) is 0 Å². The molecule has 3 fully saturated rings. The van der Waals surface area contributed by atoms with E-state index in [1.54, 1.807) is 0 Å². The number of hydrogen-bond donors (Lipinski definition) is 0. The van der Waals surface area contributed by atoms with Gasteiger partial charge in [0.1, 0.15) is 0 Å². The first-order chi connectivity index (χ1) is 12.8. The Bertz CT molecular complexity index is 372. The maximum atomic E-state index is 5.89. The third-order valence-corrected chi connectivity index (χ3v) is 4.82. The van der Waals surface area contributed by atoms with Crippen molar-refractivity contribution in [1.82, 2.24) is 0 Å². The van der Waals surface area contributed by atoms with Crippen molar-refractivity contribution < 1.29 is 35.5 Å². The van der Waals surface area contributed by atoms with Crippen molar-refractivity contribution >= 4 is 7.12 Å². The van der Waals surface area contributed by atoms with Crippen LogP contribution < -0.4 is 0 Å². The van der Waals surface area contributed by atoms with Gasteiger partial charge in [-0.25, -0.2) is 0 Å². The molecule has 1 aliphatic heterocycles. The first-order valence-corrected chi connectivity index (χ1v) is 9.92. The maximum absolute atomic E-state index is 5.89. The van der Waals surface area contributed by atoms with Crippen LogP contribution in [0.2, 0.25) is 0 Å². The quantitative estimate of drug-likeness (QED) is 0.384. The Hall–Kier alpha value is 0.608. The third-order valence-electron chi connectivity index (χ3n) is 4.82. The second kappa shape index (κ2) is 15.4. The van der Waals surface area contributed by atoms with Gasteiger partial charge in [-0.05, 0) is 91.9 Å². The summed E-state index contributed by atoms with van der Waals surface area (Å²) in [6.07, 6.45) is 24.2. The van der Waals surface area contributed by atoms with Gasteiger partial charge >= 0.3 is 26.2 Å². The van der Waals surface area contributed by atoms with Crippen LogP contribution in [0.1, 0.15) is 60.3 Å². The van der Waals surface area contributed by atoms with Crippen LogP contribution in [0.5, 0.6) is 0 Å². The summed E-state index contributed by atoms with van der Waals surface area (Å²) in [6, 6.07) is 0.